The van der Waals surface area contributed by atoms with Crippen LogP contribution in [0.2, 0.25) is 0 Å². The highest BCUT2D eigenvalue weighted by atomic mass is 16.5. The quantitative estimate of drug-likeness (QED) is 0.840. The van der Waals surface area contributed by atoms with Crippen LogP contribution in [0.3, 0.4) is 0 Å². The number of hydrogen-bond donors (Lipinski definition) is 1. The molecular weight excluding hydrogens is 330 g/mol. The number of ketones is 1. The molecule has 2 saturated carbocycles. The Morgan fingerprint density at radius 3 is 2.81 bits per heavy atom. The number of likely N-dealkylation sites (tertiary alicyclic amines) is 1. The van der Waals surface area contributed by atoms with E-state index in [1.54, 1.807) is 0 Å². The summed E-state index contributed by atoms with van der Waals surface area (Å²) >= 11 is 0. The molecule has 0 aromatic heterocycles. The second-order valence-corrected chi connectivity index (χ2v) is 8.58. The number of Topliss-reactive ketones (excluding diaryl/α,β-unsaturated/α-hetero) is 1. The summed E-state index contributed by atoms with van der Waals surface area (Å²) in [7, 11) is 0. The number of nitrogens with zero attached hydrogens (tertiary/aromatic N) is 1. The Kier molecular flexibility index (Phi) is 3.48. The number of aliphatic hydroxyl groups excluding tert-OH is 1. The van der Waals surface area contributed by atoms with E-state index in [0.717, 1.165) is 18.4 Å². The lowest BCUT2D eigenvalue weighted by Gasteiger charge is -2.38. The molecule has 1 spiro atoms. The molecule has 1 aromatic rings. The van der Waals surface area contributed by atoms with Gasteiger partial charge in [-0.1, -0.05) is 11.6 Å². The van der Waals surface area contributed by atoms with Crippen molar-refractivity contribution >= 4 is 11.7 Å². The molecule has 0 unspecified atom stereocenters. The lowest BCUT2D eigenvalue weighted by Crippen LogP contribution is -2.46. The zero-order chi connectivity index (χ0) is 18.1. The molecule has 2 aliphatic carbocycles. The molecule has 4 aliphatic rings. The van der Waals surface area contributed by atoms with Crippen molar-refractivity contribution in [3.05, 3.63) is 29.3 Å². The number of ether oxygens (including phenoxy) is 1. The minimum absolute atomic E-state index is 0.00112. The van der Waals surface area contributed by atoms with E-state index in [0.29, 0.717) is 49.6 Å². The molecule has 1 saturated heterocycles. The molecule has 1 amide bonds. The van der Waals surface area contributed by atoms with Crippen LogP contribution >= 0.6 is 0 Å². The number of benzene rings is 1. The van der Waals surface area contributed by atoms with Crippen molar-refractivity contribution < 1.29 is 19.4 Å². The van der Waals surface area contributed by atoms with E-state index in [-0.39, 0.29) is 29.6 Å². The van der Waals surface area contributed by atoms with Gasteiger partial charge in [-0.3, -0.25) is 9.59 Å². The van der Waals surface area contributed by atoms with Crippen LogP contribution in [-0.2, 0) is 4.79 Å². The normalized spacial score (nSPS) is 35.8. The third kappa shape index (κ3) is 2.33. The van der Waals surface area contributed by atoms with Crippen molar-refractivity contribution in [2.24, 2.45) is 17.8 Å². The van der Waals surface area contributed by atoms with Gasteiger partial charge in [-0.25, -0.2) is 0 Å². The number of piperidine rings is 1. The van der Waals surface area contributed by atoms with Crippen molar-refractivity contribution in [2.45, 2.75) is 50.7 Å². The van der Waals surface area contributed by atoms with Crippen molar-refractivity contribution in [3.8, 4) is 5.75 Å². The van der Waals surface area contributed by atoms with Crippen LogP contribution in [0.4, 0.5) is 0 Å². The molecule has 5 rings (SSSR count). The molecule has 2 heterocycles. The van der Waals surface area contributed by atoms with E-state index >= 15 is 0 Å². The standard InChI is InChI=1S/C21H25NO4/c1-12-2-3-17-15(10-12)16(24)11-21(26-17)7-4-14-18(19(14)21)20(25)22-8-5-13(23)6-9-22/h2-3,10,13-14,18-19,23H,4-9,11H2,1H3/t14-,18+,19+,21+/m1/s1. The molecule has 5 heteroatoms. The fraction of sp³-hybridized carbons (Fsp3) is 0.619. The Bertz CT molecular complexity index is 782. The van der Waals surface area contributed by atoms with Crippen molar-refractivity contribution in [1.29, 1.82) is 0 Å². The average molecular weight is 355 g/mol. The molecule has 4 atom stereocenters. The summed E-state index contributed by atoms with van der Waals surface area (Å²) in [5.41, 5.74) is 1.26. The summed E-state index contributed by atoms with van der Waals surface area (Å²) in [5, 5.41) is 9.67. The highest BCUT2D eigenvalue weighted by Crippen LogP contribution is 2.66. The first-order chi connectivity index (χ1) is 12.5. The maximum atomic E-state index is 13.0. The molecule has 1 aromatic carbocycles. The van der Waals surface area contributed by atoms with Gasteiger partial charge < -0.3 is 14.7 Å². The molecule has 2 aliphatic heterocycles. The Labute approximate surface area is 153 Å². The fourth-order valence-electron chi connectivity index (χ4n) is 5.56. The summed E-state index contributed by atoms with van der Waals surface area (Å²) < 4.78 is 6.41. The van der Waals surface area contributed by atoms with E-state index in [1.165, 1.54) is 0 Å². The van der Waals surface area contributed by atoms with Crippen LogP contribution in [0.25, 0.3) is 0 Å². The van der Waals surface area contributed by atoms with Crippen molar-refractivity contribution in [3.63, 3.8) is 0 Å². The highest BCUT2D eigenvalue weighted by molar-refractivity contribution is 6.01. The molecule has 0 radical (unpaired) electrons. The van der Waals surface area contributed by atoms with Gasteiger partial charge in [0.1, 0.15) is 11.4 Å². The van der Waals surface area contributed by atoms with Gasteiger partial charge in [0.2, 0.25) is 5.91 Å². The lowest BCUT2D eigenvalue weighted by molar-refractivity contribution is -0.136. The van der Waals surface area contributed by atoms with Crippen molar-refractivity contribution in [1.82, 2.24) is 4.90 Å². The topological polar surface area (TPSA) is 66.8 Å². The van der Waals surface area contributed by atoms with Gasteiger partial charge in [-0.05, 0) is 50.7 Å². The lowest BCUT2D eigenvalue weighted by atomic mass is 9.83. The summed E-state index contributed by atoms with van der Waals surface area (Å²) in [4.78, 5) is 27.7. The number of rotatable bonds is 1. The van der Waals surface area contributed by atoms with Gasteiger partial charge >= 0.3 is 0 Å². The first kappa shape index (κ1) is 16.3. The Hall–Kier alpha value is -1.88. The van der Waals surface area contributed by atoms with Crippen LogP contribution in [-0.4, -0.2) is 46.5 Å². The number of hydrogen-bond acceptors (Lipinski definition) is 4. The minimum Gasteiger partial charge on any atom is -0.486 e. The van der Waals surface area contributed by atoms with E-state index in [4.69, 9.17) is 4.74 Å². The van der Waals surface area contributed by atoms with Crippen LogP contribution in [0, 0.1) is 24.7 Å². The second-order valence-electron chi connectivity index (χ2n) is 8.58. The van der Waals surface area contributed by atoms with Gasteiger partial charge in [0, 0.05) is 24.9 Å². The van der Waals surface area contributed by atoms with Crippen LogP contribution < -0.4 is 4.74 Å². The molecule has 1 N–H and O–H groups in total. The van der Waals surface area contributed by atoms with Gasteiger partial charge in [-0.2, -0.15) is 0 Å². The van der Waals surface area contributed by atoms with E-state index in [1.807, 2.05) is 30.0 Å². The minimum atomic E-state index is -0.486. The molecule has 138 valence electrons. The Morgan fingerprint density at radius 2 is 2.04 bits per heavy atom. The van der Waals surface area contributed by atoms with Crippen molar-refractivity contribution in [2.75, 3.05) is 13.1 Å². The zero-order valence-corrected chi connectivity index (χ0v) is 15.1. The highest BCUT2D eigenvalue weighted by Gasteiger charge is 2.71. The Morgan fingerprint density at radius 1 is 1.27 bits per heavy atom. The maximum absolute atomic E-state index is 13.0. The molecule has 3 fully saturated rings. The van der Waals surface area contributed by atoms with Gasteiger partial charge in [0.25, 0.3) is 0 Å². The number of aliphatic hydroxyl groups is 1. The van der Waals surface area contributed by atoms with E-state index in [9.17, 15) is 14.7 Å². The average Bonchev–Trinajstić information content (AvgIpc) is 3.27. The van der Waals surface area contributed by atoms with Gasteiger partial charge in [0.05, 0.1) is 18.1 Å². The van der Waals surface area contributed by atoms with Gasteiger partial charge in [0.15, 0.2) is 5.78 Å². The third-order valence-electron chi connectivity index (χ3n) is 6.95. The van der Waals surface area contributed by atoms with E-state index < -0.39 is 5.60 Å². The predicted octanol–water partition coefficient (Wildman–Crippen LogP) is 2.34. The summed E-state index contributed by atoms with van der Waals surface area (Å²) in [6, 6.07) is 5.79. The summed E-state index contributed by atoms with van der Waals surface area (Å²) in [6.07, 6.45) is 3.29. The fourth-order valence-corrected chi connectivity index (χ4v) is 5.56. The van der Waals surface area contributed by atoms with Gasteiger partial charge in [-0.15, -0.1) is 0 Å². The smallest absolute Gasteiger partial charge is 0.226 e. The predicted molar refractivity (Wildman–Crippen MR) is 95.0 cm³/mol. The van der Waals surface area contributed by atoms with Crippen LogP contribution in [0.15, 0.2) is 18.2 Å². The largest absolute Gasteiger partial charge is 0.486 e. The third-order valence-corrected chi connectivity index (χ3v) is 6.95. The Balaban J connectivity index is 1.37. The SMILES string of the molecule is Cc1ccc2c(c1)C(=O)C[C@]1(CC[C@@H]3[C@H](C(=O)N4CCC(O)CC4)[C@H]31)O2. The molecule has 0 bridgehead atoms. The zero-order valence-electron chi connectivity index (χ0n) is 15.1. The number of fused-ring (bicyclic) bond motifs is 3. The number of carbonyl (C=O) groups excluding carboxylic acids is 2. The first-order valence-electron chi connectivity index (χ1n) is 9.78. The number of carbonyl (C=O) groups is 2. The van der Waals surface area contributed by atoms with E-state index in [2.05, 4.69) is 0 Å². The monoisotopic (exact) mass is 355 g/mol. The number of aryl methyl sites for hydroxylation is 1. The second kappa shape index (κ2) is 5.56. The molecule has 5 nitrogen and oxygen atoms in total. The summed E-state index contributed by atoms with van der Waals surface area (Å²) in [6.45, 7) is 3.27. The van der Waals surface area contributed by atoms with Crippen LogP contribution in [0.1, 0.15) is 48.0 Å². The summed E-state index contributed by atoms with van der Waals surface area (Å²) in [5.74, 6) is 1.56. The number of amides is 1. The molecule has 26 heavy (non-hydrogen) atoms. The maximum Gasteiger partial charge on any atom is 0.226 e. The molecular formula is C21H25NO4. The van der Waals surface area contributed by atoms with Crippen LogP contribution in [0.5, 0.6) is 5.75 Å². The first-order valence-corrected chi connectivity index (χ1v) is 9.78.